The molecule has 1 heteroatoms. The molecule has 0 saturated carbocycles. The maximum absolute atomic E-state index is 2.33. The summed E-state index contributed by atoms with van der Waals surface area (Å²) in [5.74, 6) is 0. The second-order valence-electron chi connectivity index (χ2n) is 5.75. The van der Waals surface area contributed by atoms with E-state index in [9.17, 15) is 0 Å². The van der Waals surface area contributed by atoms with E-state index in [1.165, 1.54) is 27.5 Å². The molecule has 0 aliphatic carbocycles. The fraction of sp³-hybridized carbons (Fsp3) is 0.143. The van der Waals surface area contributed by atoms with Crippen LogP contribution in [-0.4, -0.2) is 19.6 Å². The van der Waals surface area contributed by atoms with Crippen LogP contribution in [-0.2, 0) is 0 Å². The Balaban J connectivity index is 2.10. The molecule has 0 fully saturated rings. The molecule has 3 aromatic carbocycles. The molecule has 0 heterocycles. The van der Waals surface area contributed by atoms with Gasteiger partial charge in [0.25, 0.3) is 0 Å². The maximum atomic E-state index is 2.33. The molecule has 0 aliphatic rings. The van der Waals surface area contributed by atoms with Gasteiger partial charge in [-0.1, -0.05) is 0 Å². The van der Waals surface area contributed by atoms with Crippen LogP contribution < -0.4 is 10.8 Å². The molecule has 0 nitrogen and oxygen atoms in total. The van der Waals surface area contributed by atoms with E-state index in [1.807, 2.05) is 0 Å². The molecule has 0 spiro atoms. The molecule has 0 aromatic heterocycles. The molecule has 0 saturated heterocycles. The first-order valence-electron chi connectivity index (χ1n) is 7.58. The van der Waals surface area contributed by atoms with Crippen LogP contribution in [0.5, 0.6) is 0 Å². The van der Waals surface area contributed by atoms with Gasteiger partial charge in [0.1, 0.15) is 0 Å². The standard InChI is InChI=1S/C21H21Te/c1-16-4-10-19(11-5-16)22(20-12-6-17(2)7-13-20)21-14-8-18(3)9-15-21/h4-15H,1-3H3/q+1. The molecule has 3 aromatic rings. The Hall–Kier alpha value is -1.55. The molecule has 0 bridgehead atoms. The van der Waals surface area contributed by atoms with Crippen LogP contribution in [0.1, 0.15) is 16.7 Å². The van der Waals surface area contributed by atoms with E-state index in [4.69, 9.17) is 0 Å². The average molecular weight is 401 g/mol. The van der Waals surface area contributed by atoms with Gasteiger partial charge in [0.2, 0.25) is 0 Å². The van der Waals surface area contributed by atoms with Crippen molar-refractivity contribution in [3.8, 4) is 0 Å². The SMILES string of the molecule is Cc1ccc([Te+](c2ccc(C)cc2)c2ccc(C)cc2)cc1. The average Bonchev–Trinajstić information content (AvgIpc) is 2.53. The van der Waals surface area contributed by atoms with E-state index in [0.717, 1.165) is 0 Å². The third-order valence-electron chi connectivity index (χ3n) is 3.77. The molecule has 0 amide bonds. The monoisotopic (exact) mass is 403 g/mol. The van der Waals surface area contributed by atoms with Crippen LogP contribution in [0.25, 0.3) is 0 Å². The zero-order valence-corrected chi connectivity index (χ0v) is 15.7. The number of aryl methyl sites for hydroxylation is 3. The molecule has 3 rings (SSSR count). The molecule has 0 unspecified atom stereocenters. The van der Waals surface area contributed by atoms with Crippen LogP contribution in [0.3, 0.4) is 0 Å². The summed E-state index contributed by atoms with van der Waals surface area (Å²) in [5.41, 5.74) is 3.99. The summed E-state index contributed by atoms with van der Waals surface area (Å²) in [6, 6.07) is 27.4. The van der Waals surface area contributed by atoms with Crippen molar-refractivity contribution >= 4 is 30.4 Å². The van der Waals surface area contributed by atoms with Crippen molar-refractivity contribution in [3.63, 3.8) is 0 Å². The van der Waals surface area contributed by atoms with E-state index < -0.39 is 19.6 Å². The molecular formula is C21H21Te+. The van der Waals surface area contributed by atoms with Crippen LogP contribution in [0.2, 0.25) is 0 Å². The van der Waals surface area contributed by atoms with Crippen molar-refractivity contribution in [1.82, 2.24) is 0 Å². The first-order valence-corrected chi connectivity index (χ1v) is 11.1. The van der Waals surface area contributed by atoms with Gasteiger partial charge in [-0.25, -0.2) is 0 Å². The first kappa shape index (κ1) is 15.3. The van der Waals surface area contributed by atoms with Crippen LogP contribution >= 0.6 is 0 Å². The van der Waals surface area contributed by atoms with Gasteiger partial charge in [0, 0.05) is 0 Å². The summed E-state index contributed by atoms with van der Waals surface area (Å²) in [6.07, 6.45) is 0. The molecular weight excluding hydrogens is 380 g/mol. The third kappa shape index (κ3) is 3.43. The zero-order chi connectivity index (χ0) is 15.5. The van der Waals surface area contributed by atoms with Crippen molar-refractivity contribution in [1.29, 1.82) is 0 Å². The predicted molar refractivity (Wildman–Crippen MR) is 98.2 cm³/mol. The summed E-state index contributed by atoms with van der Waals surface area (Å²) >= 11 is -1.74. The van der Waals surface area contributed by atoms with Gasteiger partial charge < -0.3 is 0 Å². The van der Waals surface area contributed by atoms with Crippen molar-refractivity contribution in [2.24, 2.45) is 0 Å². The Morgan fingerprint density at radius 3 is 0.864 bits per heavy atom. The van der Waals surface area contributed by atoms with Gasteiger partial charge in [-0.2, -0.15) is 0 Å². The van der Waals surface area contributed by atoms with Gasteiger partial charge in [-0.05, 0) is 0 Å². The van der Waals surface area contributed by atoms with Crippen molar-refractivity contribution in [2.45, 2.75) is 20.8 Å². The second kappa shape index (κ2) is 6.69. The zero-order valence-electron chi connectivity index (χ0n) is 13.3. The minimum atomic E-state index is -1.74. The molecule has 0 atom stereocenters. The van der Waals surface area contributed by atoms with Crippen LogP contribution in [0, 0.1) is 20.8 Å². The van der Waals surface area contributed by atoms with E-state index in [1.54, 1.807) is 0 Å². The molecule has 22 heavy (non-hydrogen) atoms. The van der Waals surface area contributed by atoms with E-state index in [0.29, 0.717) is 0 Å². The van der Waals surface area contributed by atoms with Gasteiger partial charge in [-0.3, -0.25) is 0 Å². The van der Waals surface area contributed by atoms with E-state index in [2.05, 4.69) is 93.6 Å². The second-order valence-corrected chi connectivity index (χ2v) is 11.5. The Kier molecular flexibility index (Phi) is 4.67. The fourth-order valence-electron chi connectivity index (χ4n) is 2.43. The Labute approximate surface area is 140 Å². The number of hydrogen-bond donors (Lipinski definition) is 0. The summed E-state index contributed by atoms with van der Waals surface area (Å²) < 4.78 is 4.55. The summed E-state index contributed by atoms with van der Waals surface area (Å²) in [4.78, 5) is 0. The van der Waals surface area contributed by atoms with Crippen molar-refractivity contribution < 1.29 is 0 Å². The minimum absolute atomic E-state index is 1.33. The third-order valence-corrected chi connectivity index (χ3v) is 10.1. The summed E-state index contributed by atoms with van der Waals surface area (Å²) in [7, 11) is 0. The fourth-order valence-corrected chi connectivity index (χ4v) is 8.26. The Morgan fingerprint density at radius 1 is 0.409 bits per heavy atom. The normalized spacial score (nSPS) is 10.9. The predicted octanol–water partition coefficient (Wildman–Crippen LogP) is 3.13. The Morgan fingerprint density at radius 2 is 0.636 bits per heavy atom. The van der Waals surface area contributed by atoms with Crippen LogP contribution in [0.4, 0.5) is 0 Å². The van der Waals surface area contributed by atoms with Crippen LogP contribution in [0.15, 0.2) is 72.8 Å². The van der Waals surface area contributed by atoms with Gasteiger partial charge in [-0.15, -0.1) is 0 Å². The number of hydrogen-bond acceptors (Lipinski definition) is 0. The van der Waals surface area contributed by atoms with Crippen molar-refractivity contribution in [3.05, 3.63) is 89.5 Å². The first-order chi connectivity index (χ1) is 10.6. The Bertz CT molecular complexity index is 629. The van der Waals surface area contributed by atoms with E-state index in [-0.39, 0.29) is 0 Å². The van der Waals surface area contributed by atoms with Crippen molar-refractivity contribution in [2.75, 3.05) is 0 Å². The molecule has 0 radical (unpaired) electrons. The van der Waals surface area contributed by atoms with Gasteiger partial charge >= 0.3 is 141 Å². The molecule has 110 valence electrons. The summed E-state index contributed by atoms with van der Waals surface area (Å²) in [6.45, 7) is 6.46. The number of benzene rings is 3. The van der Waals surface area contributed by atoms with Gasteiger partial charge in [0.05, 0.1) is 0 Å². The molecule has 0 N–H and O–H groups in total. The van der Waals surface area contributed by atoms with Gasteiger partial charge in [0.15, 0.2) is 0 Å². The number of rotatable bonds is 3. The summed E-state index contributed by atoms with van der Waals surface area (Å²) in [5, 5.41) is 0. The van der Waals surface area contributed by atoms with E-state index >= 15 is 0 Å². The molecule has 0 aliphatic heterocycles. The quantitative estimate of drug-likeness (QED) is 0.592. The topological polar surface area (TPSA) is 0 Å².